The van der Waals surface area contributed by atoms with E-state index in [0.717, 1.165) is 13.8 Å². The second kappa shape index (κ2) is 9.20. The maximum absolute atomic E-state index is 13.0. The first-order valence-corrected chi connectivity index (χ1v) is 8.92. The summed E-state index contributed by atoms with van der Waals surface area (Å²) in [5.41, 5.74) is 0. The van der Waals surface area contributed by atoms with E-state index >= 15 is 0 Å². The van der Waals surface area contributed by atoms with Gasteiger partial charge in [0.05, 0.1) is 6.04 Å². The van der Waals surface area contributed by atoms with Gasteiger partial charge < -0.3 is 18.0 Å². The van der Waals surface area contributed by atoms with E-state index in [9.17, 15) is 40.7 Å². The van der Waals surface area contributed by atoms with Crippen LogP contribution in [0.15, 0.2) is 0 Å². The molecular formula is C12H16F6O7Si. The number of alkyl halides is 6. The highest BCUT2D eigenvalue weighted by atomic mass is 28.4. The van der Waals surface area contributed by atoms with Gasteiger partial charge in [0.2, 0.25) is 0 Å². The van der Waals surface area contributed by atoms with E-state index < -0.39 is 51.8 Å². The maximum atomic E-state index is 13.0. The monoisotopic (exact) mass is 414 g/mol. The quantitative estimate of drug-likeness (QED) is 0.423. The number of hydrogen-bond acceptors (Lipinski definition) is 7. The molecule has 1 atom stereocenters. The molecule has 0 radical (unpaired) electrons. The SMILES string of the molecule is CCC[Si](OC(C)=O)(OC(C)=O)OC(=O)COC(F)(F)C(F)C(F)(F)F. The molecule has 26 heavy (non-hydrogen) atoms. The number of hydrogen-bond donors (Lipinski definition) is 0. The molecule has 0 fully saturated rings. The molecule has 0 saturated heterocycles. The summed E-state index contributed by atoms with van der Waals surface area (Å²) < 4.78 is 91.9. The van der Waals surface area contributed by atoms with Gasteiger partial charge in [0.15, 0.2) is 0 Å². The lowest BCUT2D eigenvalue weighted by Gasteiger charge is -2.27. The molecule has 0 saturated carbocycles. The van der Waals surface area contributed by atoms with Crippen molar-refractivity contribution in [1.82, 2.24) is 0 Å². The normalized spacial score (nSPS) is 13.7. The molecule has 0 heterocycles. The van der Waals surface area contributed by atoms with Crippen molar-refractivity contribution >= 4 is 26.7 Å². The third-order valence-corrected chi connectivity index (χ3v) is 5.24. The molecule has 14 heteroatoms. The van der Waals surface area contributed by atoms with Crippen molar-refractivity contribution in [3.63, 3.8) is 0 Å². The lowest BCUT2D eigenvalue weighted by atomic mass is 10.3. The minimum atomic E-state index is -5.93. The van der Waals surface area contributed by atoms with Gasteiger partial charge in [0, 0.05) is 13.8 Å². The Hall–Kier alpha value is -1.83. The van der Waals surface area contributed by atoms with Crippen LogP contribution in [-0.4, -0.2) is 51.8 Å². The second-order valence-corrected chi connectivity index (χ2v) is 7.33. The molecule has 152 valence electrons. The Kier molecular flexibility index (Phi) is 8.56. The molecule has 0 aromatic rings. The maximum Gasteiger partial charge on any atom is 0.705 e. The van der Waals surface area contributed by atoms with Crippen LogP contribution in [0.5, 0.6) is 0 Å². The molecule has 0 spiro atoms. The van der Waals surface area contributed by atoms with Crippen molar-refractivity contribution in [3.8, 4) is 0 Å². The molecule has 0 rings (SSSR count). The lowest BCUT2D eigenvalue weighted by Crippen LogP contribution is -2.51. The van der Waals surface area contributed by atoms with Gasteiger partial charge in [-0.05, 0) is 6.42 Å². The Bertz CT molecular complexity index is 509. The van der Waals surface area contributed by atoms with Crippen LogP contribution in [0, 0.1) is 0 Å². The summed E-state index contributed by atoms with van der Waals surface area (Å²) >= 11 is 0. The largest absolute Gasteiger partial charge is 0.705 e. The summed E-state index contributed by atoms with van der Waals surface area (Å²) in [6.45, 7) is 1.47. The molecule has 0 N–H and O–H groups in total. The first-order valence-electron chi connectivity index (χ1n) is 6.98. The van der Waals surface area contributed by atoms with Crippen molar-refractivity contribution in [2.75, 3.05) is 6.61 Å². The molecule has 0 aliphatic heterocycles. The van der Waals surface area contributed by atoms with E-state index in [-0.39, 0.29) is 12.5 Å². The van der Waals surface area contributed by atoms with Crippen LogP contribution >= 0.6 is 0 Å². The Morgan fingerprint density at radius 3 is 1.77 bits per heavy atom. The fourth-order valence-corrected chi connectivity index (χ4v) is 3.91. The van der Waals surface area contributed by atoms with Crippen molar-refractivity contribution in [2.24, 2.45) is 0 Å². The molecule has 7 nitrogen and oxygen atoms in total. The highest BCUT2D eigenvalue weighted by Crippen LogP contribution is 2.35. The Morgan fingerprint density at radius 2 is 1.42 bits per heavy atom. The minimum Gasteiger partial charge on any atom is -0.455 e. The first kappa shape index (κ1) is 24.2. The van der Waals surface area contributed by atoms with Crippen LogP contribution in [0.25, 0.3) is 0 Å². The van der Waals surface area contributed by atoms with Crippen molar-refractivity contribution < 1.29 is 58.7 Å². The summed E-state index contributed by atoms with van der Waals surface area (Å²) in [6, 6.07) is -0.275. The zero-order chi connectivity index (χ0) is 20.8. The van der Waals surface area contributed by atoms with Crippen molar-refractivity contribution in [1.29, 1.82) is 0 Å². The summed E-state index contributed by atoms with van der Waals surface area (Å²) in [6.07, 6.45) is -15.8. The van der Waals surface area contributed by atoms with Crippen molar-refractivity contribution in [3.05, 3.63) is 0 Å². The van der Waals surface area contributed by atoms with Gasteiger partial charge in [-0.15, -0.1) is 0 Å². The van der Waals surface area contributed by atoms with E-state index in [0.29, 0.717) is 0 Å². The van der Waals surface area contributed by atoms with E-state index in [2.05, 4.69) is 9.16 Å². The second-order valence-electron chi connectivity index (χ2n) is 4.85. The summed E-state index contributed by atoms with van der Waals surface area (Å²) in [5.74, 6) is -3.78. The Morgan fingerprint density at radius 1 is 0.962 bits per heavy atom. The van der Waals surface area contributed by atoms with Gasteiger partial charge in [-0.3, -0.25) is 14.4 Å². The van der Waals surface area contributed by atoms with Gasteiger partial charge in [-0.25, -0.2) is 4.39 Å². The number of rotatable bonds is 9. The third-order valence-electron chi connectivity index (χ3n) is 2.39. The fourth-order valence-electron chi connectivity index (χ4n) is 1.58. The zero-order valence-electron chi connectivity index (χ0n) is 13.8. The summed E-state index contributed by atoms with van der Waals surface area (Å²) in [4.78, 5) is 33.8. The lowest BCUT2D eigenvalue weighted by molar-refractivity contribution is -0.334. The molecule has 0 aromatic carbocycles. The van der Waals surface area contributed by atoms with E-state index in [1.165, 1.54) is 6.92 Å². The molecule has 0 bridgehead atoms. The summed E-state index contributed by atoms with van der Waals surface area (Å²) in [7, 11) is -4.33. The van der Waals surface area contributed by atoms with E-state index in [1.54, 1.807) is 0 Å². The Balaban J connectivity index is 5.15. The van der Waals surface area contributed by atoms with Gasteiger partial charge in [0.25, 0.3) is 18.1 Å². The number of halogens is 6. The molecule has 0 aliphatic carbocycles. The average Bonchev–Trinajstić information content (AvgIpc) is 2.42. The van der Waals surface area contributed by atoms with Gasteiger partial charge in [-0.1, -0.05) is 6.92 Å². The fraction of sp³-hybridized carbons (Fsp3) is 0.750. The highest BCUT2D eigenvalue weighted by molar-refractivity contribution is 6.65. The molecular weight excluding hydrogens is 398 g/mol. The van der Waals surface area contributed by atoms with E-state index in [4.69, 9.17) is 8.85 Å². The van der Waals surface area contributed by atoms with Gasteiger partial charge in [0.1, 0.15) is 6.61 Å². The van der Waals surface area contributed by atoms with Crippen molar-refractivity contribution in [2.45, 2.75) is 51.7 Å². The van der Waals surface area contributed by atoms with E-state index in [1.807, 2.05) is 0 Å². The standard InChI is InChI=1S/C12H16F6O7Si/c1-4-5-26(23-7(2)19,24-8(3)20)25-9(21)6-22-12(17,18)10(13)11(14,15)16/h10H,4-6H2,1-3H3. The highest BCUT2D eigenvalue weighted by Gasteiger charge is 2.59. The predicted molar refractivity (Wildman–Crippen MR) is 72.3 cm³/mol. The minimum absolute atomic E-state index is 0.164. The number of carbonyl (C=O) groups excluding carboxylic acids is 3. The first-order chi connectivity index (χ1) is 11.6. The summed E-state index contributed by atoms with van der Waals surface area (Å²) in [5, 5.41) is 0. The van der Waals surface area contributed by atoms with Crippen LogP contribution in [0.4, 0.5) is 26.3 Å². The third kappa shape index (κ3) is 8.03. The van der Waals surface area contributed by atoms with Gasteiger partial charge in [-0.2, -0.15) is 22.0 Å². The van der Waals surface area contributed by atoms with Crippen LogP contribution in [0.1, 0.15) is 27.2 Å². The van der Waals surface area contributed by atoms with Crippen LogP contribution in [0.2, 0.25) is 6.04 Å². The predicted octanol–water partition coefficient (Wildman–Crippen LogP) is 2.51. The van der Waals surface area contributed by atoms with Crippen LogP contribution in [0.3, 0.4) is 0 Å². The zero-order valence-corrected chi connectivity index (χ0v) is 14.8. The van der Waals surface area contributed by atoms with Gasteiger partial charge >= 0.3 is 27.1 Å². The Labute approximate surface area is 144 Å². The number of carbonyl (C=O) groups is 3. The van der Waals surface area contributed by atoms with Crippen LogP contribution in [-0.2, 0) is 32.4 Å². The topological polar surface area (TPSA) is 88.1 Å². The smallest absolute Gasteiger partial charge is 0.455 e. The molecule has 1 unspecified atom stereocenters. The number of ether oxygens (including phenoxy) is 1. The average molecular weight is 414 g/mol. The molecule has 0 aromatic heterocycles. The molecule has 0 aliphatic rings. The molecule has 0 amide bonds. The van der Waals surface area contributed by atoms with Crippen LogP contribution < -0.4 is 0 Å².